The number of rotatable bonds is 8. The molecule has 10 heteroatoms. The Morgan fingerprint density at radius 1 is 1.29 bits per heavy atom. The van der Waals surface area contributed by atoms with E-state index in [0.717, 1.165) is 16.4 Å². The zero-order chi connectivity index (χ0) is 16.0. The highest BCUT2D eigenvalue weighted by molar-refractivity contribution is 7.89. The first-order valence-corrected chi connectivity index (χ1v) is 7.36. The molecule has 0 atom stereocenters. The van der Waals surface area contributed by atoms with Crippen molar-refractivity contribution in [2.24, 2.45) is 0 Å². The van der Waals surface area contributed by atoms with Gasteiger partial charge in [-0.25, -0.2) is 8.42 Å². The smallest absolute Gasteiger partial charge is 0.293 e. The van der Waals surface area contributed by atoms with Crippen LogP contribution >= 0.6 is 0 Å². The van der Waals surface area contributed by atoms with E-state index in [9.17, 15) is 18.5 Å². The van der Waals surface area contributed by atoms with Gasteiger partial charge in [0.2, 0.25) is 10.0 Å². The molecule has 0 saturated heterocycles. The van der Waals surface area contributed by atoms with Crippen molar-refractivity contribution in [1.29, 1.82) is 0 Å². The summed E-state index contributed by atoms with van der Waals surface area (Å²) < 4.78 is 30.4. The van der Waals surface area contributed by atoms with E-state index < -0.39 is 38.7 Å². The van der Waals surface area contributed by atoms with E-state index in [1.165, 1.54) is 13.2 Å². The average molecular weight is 320 g/mol. The zero-order valence-electron chi connectivity index (χ0n) is 11.3. The van der Waals surface area contributed by atoms with Crippen LogP contribution in [0.2, 0.25) is 0 Å². The van der Waals surface area contributed by atoms with Gasteiger partial charge in [0.05, 0.1) is 31.3 Å². The molecule has 0 spiro atoms. The largest absolute Gasteiger partial charge is 0.497 e. The Morgan fingerprint density at radius 2 is 1.86 bits per heavy atom. The maximum atomic E-state index is 12.4. The molecule has 0 aliphatic carbocycles. The number of aliphatic hydroxyl groups is 2. The Labute approximate surface area is 121 Å². The Kier molecular flexibility index (Phi) is 6.03. The van der Waals surface area contributed by atoms with Crippen LogP contribution in [-0.2, 0) is 10.0 Å². The Hall–Kier alpha value is -1.75. The molecule has 1 aromatic carbocycles. The van der Waals surface area contributed by atoms with Gasteiger partial charge in [0.15, 0.2) is 4.90 Å². The molecule has 0 fully saturated rings. The molecule has 0 saturated carbocycles. The van der Waals surface area contributed by atoms with Gasteiger partial charge >= 0.3 is 0 Å². The van der Waals surface area contributed by atoms with Crippen LogP contribution in [0.1, 0.15) is 0 Å². The Balaban J connectivity index is 3.38. The van der Waals surface area contributed by atoms with Crippen LogP contribution in [0.15, 0.2) is 23.1 Å². The SMILES string of the molecule is COc1ccc(S(=O)(=O)N(CCO)CCO)c([N+](=O)[O-])c1. The summed E-state index contributed by atoms with van der Waals surface area (Å²) in [6.07, 6.45) is 0. The summed E-state index contributed by atoms with van der Waals surface area (Å²) in [7, 11) is -2.91. The topological polar surface area (TPSA) is 130 Å². The number of hydrogen-bond donors (Lipinski definition) is 2. The summed E-state index contributed by atoms with van der Waals surface area (Å²) in [6, 6.07) is 3.35. The fourth-order valence-electron chi connectivity index (χ4n) is 1.70. The fraction of sp³-hybridized carbons (Fsp3) is 0.455. The number of ether oxygens (including phenoxy) is 1. The maximum absolute atomic E-state index is 12.4. The minimum Gasteiger partial charge on any atom is -0.497 e. The summed E-state index contributed by atoms with van der Waals surface area (Å²) in [5, 5.41) is 28.8. The third-order valence-electron chi connectivity index (χ3n) is 2.68. The second-order valence-electron chi connectivity index (χ2n) is 3.94. The Morgan fingerprint density at radius 3 is 2.29 bits per heavy atom. The highest BCUT2D eigenvalue weighted by Gasteiger charge is 2.31. The van der Waals surface area contributed by atoms with Crippen LogP contribution in [0, 0.1) is 10.1 Å². The van der Waals surface area contributed by atoms with Crippen molar-refractivity contribution in [3.05, 3.63) is 28.3 Å². The van der Waals surface area contributed by atoms with Gasteiger partial charge in [-0.2, -0.15) is 4.31 Å². The van der Waals surface area contributed by atoms with E-state index in [4.69, 9.17) is 14.9 Å². The predicted molar refractivity (Wildman–Crippen MR) is 72.6 cm³/mol. The number of nitrogens with zero attached hydrogens (tertiary/aromatic N) is 2. The van der Waals surface area contributed by atoms with Crippen molar-refractivity contribution in [2.75, 3.05) is 33.4 Å². The highest BCUT2D eigenvalue weighted by atomic mass is 32.2. The molecule has 0 aliphatic heterocycles. The standard InChI is InChI=1S/C11H16N2O7S/c1-20-9-2-3-11(10(8-9)13(16)17)21(18,19)12(4-6-14)5-7-15/h2-3,8,14-15H,4-7H2,1H3. The first-order valence-electron chi connectivity index (χ1n) is 5.92. The summed E-state index contributed by atoms with van der Waals surface area (Å²) in [5.74, 6) is 0.150. The molecule has 0 aliphatic rings. The van der Waals surface area contributed by atoms with Gasteiger partial charge < -0.3 is 14.9 Å². The van der Waals surface area contributed by atoms with E-state index in [1.807, 2.05) is 0 Å². The molecular weight excluding hydrogens is 304 g/mol. The third kappa shape index (κ3) is 3.88. The molecule has 9 nitrogen and oxygen atoms in total. The van der Waals surface area contributed by atoms with Gasteiger partial charge in [0.25, 0.3) is 5.69 Å². The number of aliphatic hydroxyl groups excluding tert-OH is 2. The summed E-state index contributed by atoms with van der Waals surface area (Å²) in [5.41, 5.74) is -0.629. The molecule has 0 amide bonds. The van der Waals surface area contributed by atoms with Gasteiger partial charge in [0, 0.05) is 13.1 Å². The minimum absolute atomic E-state index is 0.150. The van der Waals surface area contributed by atoms with Crippen molar-refractivity contribution >= 4 is 15.7 Å². The van der Waals surface area contributed by atoms with Crippen LogP contribution in [0.25, 0.3) is 0 Å². The monoisotopic (exact) mass is 320 g/mol. The van der Waals surface area contributed by atoms with Gasteiger partial charge in [-0.3, -0.25) is 10.1 Å². The highest BCUT2D eigenvalue weighted by Crippen LogP contribution is 2.30. The van der Waals surface area contributed by atoms with E-state index in [0.29, 0.717) is 0 Å². The first-order chi connectivity index (χ1) is 9.88. The van der Waals surface area contributed by atoms with Gasteiger partial charge in [0.1, 0.15) is 5.75 Å². The van der Waals surface area contributed by atoms with Crippen LogP contribution < -0.4 is 4.74 Å². The van der Waals surface area contributed by atoms with Crippen molar-refractivity contribution in [2.45, 2.75) is 4.90 Å². The van der Waals surface area contributed by atoms with E-state index in [2.05, 4.69) is 0 Å². The van der Waals surface area contributed by atoms with Gasteiger partial charge in [-0.1, -0.05) is 0 Å². The lowest BCUT2D eigenvalue weighted by molar-refractivity contribution is -0.387. The number of methoxy groups -OCH3 is 1. The molecule has 118 valence electrons. The second kappa shape index (κ2) is 7.31. The first kappa shape index (κ1) is 17.3. The molecule has 21 heavy (non-hydrogen) atoms. The number of nitro benzene ring substituents is 1. The summed E-state index contributed by atoms with van der Waals surface area (Å²) >= 11 is 0. The van der Waals surface area contributed by atoms with Crippen molar-refractivity contribution in [3.63, 3.8) is 0 Å². The molecule has 1 aromatic rings. The average Bonchev–Trinajstić information content (AvgIpc) is 2.46. The molecule has 0 unspecified atom stereocenters. The zero-order valence-corrected chi connectivity index (χ0v) is 12.1. The van der Waals surface area contributed by atoms with Crippen LogP contribution in [0.4, 0.5) is 5.69 Å². The third-order valence-corrected chi connectivity index (χ3v) is 4.63. The lowest BCUT2D eigenvalue weighted by Gasteiger charge is -2.20. The van der Waals surface area contributed by atoms with Gasteiger partial charge in [-0.15, -0.1) is 0 Å². The van der Waals surface area contributed by atoms with Crippen molar-refractivity contribution in [1.82, 2.24) is 4.31 Å². The Bertz CT molecular complexity index is 597. The second-order valence-corrected chi connectivity index (χ2v) is 5.85. The van der Waals surface area contributed by atoms with Crippen LogP contribution in [-0.4, -0.2) is 61.3 Å². The number of benzene rings is 1. The van der Waals surface area contributed by atoms with Gasteiger partial charge in [-0.05, 0) is 12.1 Å². The lowest BCUT2D eigenvalue weighted by atomic mass is 10.3. The molecule has 1 rings (SSSR count). The number of nitro groups is 1. The number of sulfonamides is 1. The fourth-order valence-corrected chi connectivity index (χ4v) is 3.26. The molecule has 0 heterocycles. The summed E-state index contributed by atoms with van der Waals surface area (Å²) in [4.78, 5) is 9.70. The van der Waals surface area contributed by atoms with Crippen molar-refractivity contribution < 1.29 is 28.3 Å². The summed E-state index contributed by atoms with van der Waals surface area (Å²) in [6.45, 7) is -1.48. The molecule has 0 radical (unpaired) electrons. The van der Waals surface area contributed by atoms with Crippen LogP contribution in [0.5, 0.6) is 5.75 Å². The normalized spacial score (nSPS) is 11.6. The van der Waals surface area contributed by atoms with Crippen molar-refractivity contribution in [3.8, 4) is 5.75 Å². The quantitative estimate of drug-likeness (QED) is 0.491. The van der Waals surface area contributed by atoms with E-state index >= 15 is 0 Å². The molecular formula is C11H16N2O7S. The molecule has 0 bridgehead atoms. The lowest BCUT2D eigenvalue weighted by Crippen LogP contribution is -2.36. The van der Waals surface area contributed by atoms with E-state index in [1.54, 1.807) is 0 Å². The minimum atomic E-state index is -4.21. The molecule has 2 N–H and O–H groups in total. The van der Waals surface area contributed by atoms with Crippen LogP contribution in [0.3, 0.4) is 0 Å². The molecule has 0 aromatic heterocycles. The number of hydrogen-bond acceptors (Lipinski definition) is 7. The maximum Gasteiger partial charge on any atom is 0.293 e. The van der Waals surface area contributed by atoms with E-state index in [-0.39, 0.29) is 18.8 Å². The predicted octanol–water partition coefficient (Wildman–Crippen LogP) is -0.421.